The first-order valence-electron chi connectivity index (χ1n) is 11.1. The van der Waals surface area contributed by atoms with Crippen LogP contribution in [0.2, 0.25) is 19.6 Å². The van der Waals surface area contributed by atoms with E-state index in [1.165, 1.54) is 21.3 Å². The van der Waals surface area contributed by atoms with Crippen molar-refractivity contribution in [1.29, 1.82) is 0 Å². The van der Waals surface area contributed by atoms with Gasteiger partial charge in [0.05, 0.1) is 24.6 Å². The van der Waals surface area contributed by atoms with Crippen molar-refractivity contribution in [2.75, 3.05) is 0 Å². The zero-order chi connectivity index (χ0) is 21.6. The van der Waals surface area contributed by atoms with Crippen molar-refractivity contribution < 1.29 is 4.42 Å². The molecule has 32 heavy (non-hydrogen) atoms. The normalized spacial score (nSPS) is 12.8. The Morgan fingerprint density at radius 1 is 0.656 bits per heavy atom. The number of para-hydroxylation sites is 4. The van der Waals surface area contributed by atoms with Crippen LogP contribution in [0.3, 0.4) is 0 Å². The molecule has 0 aliphatic carbocycles. The lowest BCUT2D eigenvalue weighted by atomic mass is 10.0. The van der Waals surface area contributed by atoms with Gasteiger partial charge < -0.3 is 4.42 Å². The zero-order valence-corrected chi connectivity index (χ0v) is 19.3. The number of hydrogen-bond acceptors (Lipinski definition) is 2. The van der Waals surface area contributed by atoms with Gasteiger partial charge in [-0.05, 0) is 35.5 Å². The fourth-order valence-corrected chi connectivity index (χ4v) is 6.70. The zero-order valence-electron chi connectivity index (χ0n) is 18.3. The monoisotopic (exact) mass is 430 g/mol. The fourth-order valence-electron chi connectivity index (χ4n) is 5.24. The van der Waals surface area contributed by atoms with Crippen molar-refractivity contribution in [1.82, 2.24) is 9.38 Å². The van der Waals surface area contributed by atoms with Crippen LogP contribution in [-0.4, -0.2) is 17.5 Å². The lowest BCUT2D eigenvalue weighted by Gasteiger charge is -2.16. The van der Waals surface area contributed by atoms with Gasteiger partial charge in [0.25, 0.3) is 0 Å². The van der Waals surface area contributed by atoms with Crippen LogP contribution >= 0.6 is 0 Å². The number of rotatable bonds is 1. The number of fused-ring (bicyclic) bond motifs is 12. The smallest absolute Gasteiger partial charge is 0.146 e. The van der Waals surface area contributed by atoms with Crippen LogP contribution in [-0.2, 0) is 0 Å². The Kier molecular flexibility index (Phi) is 3.37. The van der Waals surface area contributed by atoms with E-state index in [1.807, 2.05) is 0 Å². The van der Waals surface area contributed by atoms with E-state index in [0.717, 1.165) is 44.1 Å². The van der Waals surface area contributed by atoms with Gasteiger partial charge in [-0.1, -0.05) is 68.2 Å². The molecule has 154 valence electrons. The van der Waals surface area contributed by atoms with Gasteiger partial charge >= 0.3 is 0 Å². The summed E-state index contributed by atoms with van der Waals surface area (Å²) in [5, 5.41) is 7.23. The number of pyridine rings is 1. The number of benzene rings is 4. The maximum absolute atomic E-state index is 6.75. The van der Waals surface area contributed by atoms with Crippen LogP contribution in [0, 0.1) is 0 Å². The molecule has 0 fully saturated rings. The van der Waals surface area contributed by atoms with Gasteiger partial charge in [-0.15, -0.1) is 0 Å². The summed E-state index contributed by atoms with van der Waals surface area (Å²) < 4.78 is 9.04. The Labute approximate surface area is 185 Å². The van der Waals surface area contributed by atoms with Crippen LogP contribution in [0.5, 0.6) is 0 Å². The third-order valence-corrected chi connectivity index (χ3v) is 8.70. The predicted molar refractivity (Wildman–Crippen MR) is 138 cm³/mol. The standard InChI is InChI=1S/C28H22N2OSi/c1-32(2,3)24-14-8-10-17-18-15-16-20-25(27(18)31-26(17)24)19-9-4-6-12-22(19)30-23-13-7-5-11-21(23)29-28(20)30/h4-16H,1-3H3. The molecular weight excluding hydrogens is 408 g/mol. The fraction of sp³-hybridized carbons (Fsp3) is 0.107. The number of nitrogens with zero attached hydrogens (tertiary/aromatic N) is 2. The summed E-state index contributed by atoms with van der Waals surface area (Å²) >= 11 is 0. The van der Waals surface area contributed by atoms with E-state index in [9.17, 15) is 0 Å². The number of furan rings is 1. The first kappa shape index (κ1) is 18.0. The molecule has 4 aromatic carbocycles. The Morgan fingerprint density at radius 3 is 2.19 bits per heavy atom. The molecule has 4 heteroatoms. The van der Waals surface area contributed by atoms with Gasteiger partial charge in [0.2, 0.25) is 0 Å². The molecule has 0 saturated carbocycles. The number of hydrogen-bond donors (Lipinski definition) is 0. The lowest BCUT2D eigenvalue weighted by molar-refractivity contribution is 0.675. The summed E-state index contributed by atoms with van der Waals surface area (Å²) in [6.45, 7) is 7.13. The minimum atomic E-state index is -1.56. The Morgan fingerprint density at radius 2 is 1.34 bits per heavy atom. The molecule has 0 atom stereocenters. The second kappa shape index (κ2) is 5.99. The van der Waals surface area contributed by atoms with Gasteiger partial charge in [-0.3, -0.25) is 4.40 Å². The first-order valence-corrected chi connectivity index (χ1v) is 14.6. The molecule has 3 aromatic heterocycles. The van der Waals surface area contributed by atoms with Gasteiger partial charge in [0.15, 0.2) is 0 Å². The van der Waals surface area contributed by atoms with Crippen molar-refractivity contribution in [2.45, 2.75) is 19.6 Å². The highest BCUT2D eigenvalue weighted by molar-refractivity contribution is 6.90. The Bertz CT molecular complexity index is 1870. The van der Waals surface area contributed by atoms with Crippen LogP contribution < -0.4 is 5.19 Å². The third kappa shape index (κ3) is 2.22. The summed E-state index contributed by atoms with van der Waals surface area (Å²) in [5.41, 5.74) is 6.29. The van der Waals surface area contributed by atoms with Crippen molar-refractivity contribution in [3.8, 4) is 0 Å². The van der Waals surface area contributed by atoms with Crippen LogP contribution in [0.1, 0.15) is 0 Å². The van der Waals surface area contributed by atoms with Gasteiger partial charge in [-0.25, -0.2) is 4.98 Å². The molecule has 0 spiro atoms. The average Bonchev–Trinajstić information content (AvgIpc) is 3.37. The van der Waals surface area contributed by atoms with Crippen LogP contribution in [0.4, 0.5) is 0 Å². The minimum Gasteiger partial charge on any atom is -0.456 e. The van der Waals surface area contributed by atoms with E-state index >= 15 is 0 Å². The van der Waals surface area contributed by atoms with E-state index < -0.39 is 8.07 Å². The average molecular weight is 431 g/mol. The molecule has 0 amide bonds. The minimum absolute atomic E-state index is 0.967. The second-order valence-electron chi connectivity index (χ2n) is 9.68. The van der Waals surface area contributed by atoms with Crippen molar-refractivity contribution in [3.63, 3.8) is 0 Å². The molecule has 0 aliphatic rings. The predicted octanol–water partition coefficient (Wildman–Crippen LogP) is 7.24. The molecule has 0 radical (unpaired) electrons. The van der Waals surface area contributed by atoms with E-state index in [2.05, 4.69) is 103 Å². The Balaban J connectivity index is 1.78. The van der Waals surface area contributed by atoms with Crippen molar-refractivity contribution >= 4 is 73.6 Å². The molecule has 0 N–H and O–H groups in total. The summed E-state index contributed by atoms with van der Waals surface area (Å²) in [5.74, 6) is 0. The lowest BCUT2D eigenvalue weighted by Crippen LogP contribution is -2.37. The summed E-state index contributed by atoms with van der Waals surface area (Å²) in [4.78, 5) is 5.04. The maximum Gasteiger partial charge on any atom is 0.146 e. The largest absolute Gasteiger partial charge is 0.456 e. The highest BCUT2D eigenvalue weighted by Gasteiger charge is 2.24. The quantitative estimate of drug-likeness (QED) is 0.203. The van der Waals surface area contributed by atoms with Crippen molar-refractivity contribution in [2.24, 2.45) is 0 Å². The van der Waals surface area contributed by atoms with Crippen molar-refractivity contribution in [3.05, 3.63) is 78.9 Å². The van der Waals surface area contributed by atoms with Crippen LogP contribution in [0.15, 0.2) is 83.3 Å². The van der Waals surface area contributed by atoms with E-state index in [-0.39, 0.29) is 0 Å². The molecule has 0 bridgehead atoms. The molecule has 3 nitrogen and oxygen atoms in total. The molecular formula is C28H22N2OSi. The Hall–Kier alpha value is -3.63. The maximum atomic E-state index is 6.75. The molecule has 0 aliphatic heterocycles. The van der Waals surface area contributed by atoms with Gasteiger partial charge in [0, 0.05) is 26.9 Å². The summed E-state index contributed by atoms with van der Waals surface area (Å²) in [6.07, 6.45) is 0. The summed E-state index contributed by atoms with van der Waals surface area (Å²) in [7, 11) is -1.56. The SMILES string of the molecule is C[Si](C)(C)c1cccc2c1oc1c2ccc2c1c1ccccc1n1c3ccccc3nc21. The second-order valence-corrected chi connectivity index (χ2v) is 14.7. The highest BCUT2D eigenvalue weighted by atomic mass is 28.3. The van der Waals surface area contributed by atoms with E-state index in [4.69, 9.17) is 9.40 Å². The molecule has 7 aromatic rings. The molecule has 3 heterocycles. The van der Waals surface area contributed by atoms with E-state index in [1.54, 1.807) is 0 Å². The van der Waals surface area contributed by atoms with Crippen LogP contribution in [0.25, 0.3) is 60.3 Å². The third-order valence-electron chi connectivity index (χ3n) is 6.69. The van der Waals surface area contributed by atoms with E-state index in [0.29, 0.717) is 0 Å². The molecule has 0 saturated heterocycles. The van der Waals surface area contributed by atoms with Gasteiger partial charge in [0.1, 0.15) is 16.8 Å². The highest BCUT2D eigenvalue weighted by Crippen LogP contribution is 2.40. The molecule has 7 rings (SSSR count). The molecule has 0 unspecified atom stereocenters. The first-order chi connectivity index (χ1) is 15.5. The summed E-state index contributed by atoms with van der Waals surface area (Å²) in [6, 6.07) is 28.0. The number of imidazole rings is 1. The number of aromatic nitrogens is 2. The van der Waals surface area contributed by atoms with Gasteiger partial charge in [-0.2, -0.15) is 0 Å². The topological polar surface area (TPSA) is 30.4 Å².